The second-order valence-corrected chi connectivity index (χ2v) is 13.7. The van der Waals surface area contributed by atoms with E-state index in [0.717, 1.165) is 21.7 Å². The first-order valence-electron chi connectivity index (χ1n) is 16.3. The molecule has 2 aliphatic rings. The number of nitrogens with two attached hydrogens (primary N) is 1. The van der Waals surface area contributed by atoms with Gasteiger partial charge in [-0.25, -0.2) is 0 Å². The molecule has 0 amide bonds. The quantitative estimate of drug-likeness (QED) is 0.177. The lowest BCUT2D eigenvalue weighted by Crippen LogP contribution is -2.25. The van der Waals surface area contributed by atoms with E-state index in [2.05, 4.69) is 122 Å². The Morgan fingerprint density at radius 3 is 2.21 bits per heavy atom. The molecule has 232 valence electrons. The van der Waals surface area contributed by atoms with Crippen LogP contribution in [0.3, 0.4) is 0 Å². The number of fused-ring (bicyclic) bond motifs is 12. The molecule has 6 aromatic rings. The lowest BCUT2D eigenvalue weighted by atomic mass is 9.73. The summed E-state index contributed by atoms with van der Waals surface area (Å²) in [6.45, 7) is 4.06. The molecule has 1 aromatic heterocycles. The van der Waals surface area contributed by atoms with Crippen LogP contribution in [0.5, 0.6) is 0 Å². The van der Waals surface area contributed by atoms with Gasteiger partial charge in [0.25, 0.3) is 0 Å². The monoisotopic (exact) mass is 655 g/mol. The van der Waals surface area contributed by atoms with Crippen molar-refractivity contribution in [2.45, 2.75) is 19.3 Å². The molecule has 0 saturated heterocycles. The van der Waals surface area contributed by atoms with Crippen LogP contribution >= 0.6 is 22.9 Å². The highest BCUT2D eigenvalue weighted by atomic mass is 35.5. The van der Waals surface area contributed by atoms with Crippen molar-refractivity contribution < 1.29 is 0 Å². The van der Waals surface area contributed by atoms with E-state index < -0.39 is 5.41 Å². The molecule has 0 aliphatic heterocycles. The number of allylic oxidation sites excluding steroid dienone is 9. The standard InChI is InChI=1S/C45H34ClNS/c1-3-5-6-7-8-13-32(28-47)34(4-2)30-20-18-29(19-21-30)31-22-24-36-35-14-9-11-16-39(35)45(40(36)26-31)41-27-33(46)23-25-37(41)43-38-15-10-12-17-42(38)48-44(43)45/h3-28H,47H2,1-2H3/b5-3+,7-6-,13-8-,32-28-,34-4+. The van der Waals surface area contributed by atoms with Crippen molar-refractivity contribution in [2.75, 3.05) is 0 Å². The first-order valence-corrected chi connectivity index (χ1v) is 17.5. The maximum Gasteiger partial charge on any atom is 0.0820 e. The molecule has 2 aliphatic carbocycles. The van der Waals surface area contributed by atoms with Gasteiger partial charge in [0.2, 0.25) is 0 Å². The number of thiophene rings is 1. The number of hydrogen-bond donors (Lipinski definition) is 1. The lowest BCUT2D eigenvalue weighted by Gasteiger charge is -2.29. The smallest absolute Gasteiger partial charge is 0.0820 e. The summed E-state index contributed by atoms with van der Waals surface area (Å²) in [6, 6.07) is 40.1. The fourth-order valence-corrected chi connectivity index (χ4v) is 9.34. The van der Waals surface area contributed by atoms with Crippen molar-refractivity contribution in [2.24, 2.45) is 5.73 Å². The van der Waals surface area contributed by atoms with Gasteiger partial charge in [-0.1, -0.05) is 139 Å². The van der Waals surface area contributed by atoms with Crippen molar-refractivity contribution in [3.8, 4) is 33.4 Å². The topological polar surface area (TPSA) is 26.0 Å². The van der Waals surface area contributed by atoms with Gasteiger partial charge in [0.05, 0.1) is 5.41 Å². The Hall–Kier alpha value is -5.15. The van der Waals surface area contributed by atoms with Gasteiger partial charge < -0.3 is 5.73 Å². The molecule has 0 saturated carbocycles. The molecule has 1 unspecified atom stereocenters. The summed E-state index contributed by atoms with van der Waals surface area (Å²) in [5.41, 5.74) is 20.3. The molecular weight excluding hydrogens is 622 g/mol. The van der Waals surface area contributed by atoms with Crippen LogP contribution in [0.4, 0.5) is 0 Å². The third-order valence-electron chi connectivity index (χ3n) is 9.75. The Labute approximate surface area is 291 Å². The third kappa shape index (κ3) is 4.52. The van der Waals surface area contributed by atoms with Crippen LogP contribution in [0.1, 0.15) is 41.0 Å². The van der Waals surface area contributed by atoms with Crippen LogP contribution in [-0.4, -0.2) is 0 Å². The molecule has 0 fully saturated rings. The lowest BCUT2D eigenvalue weighted by molar-refractivity contribution is 0.812. The Morgan fingerprint density at radius 1 is 0.688 bits per heavy atom. The summed E-state index contributed by atoms with van der Waals surface area (Å²) < 4.78 is 1.31. The van der Waals surface area contributed by atoms with Crippen molar-refractivity contribution in [1.29, 1.82) is 0 Å². The zero-order valence-electron chi connectivity index (χ0n) is 26.9. The van der Waals surface area contributed by atoms with E-state index >= 15 is 0 Å². The average molecular weight is 656 g/mol. The van der Waals surface area contributed by atoms with Crippen LogP contribution in [0.2, 0.25) is 5.02 Å². The molecule has 5 aromatic carbocycles. The zero-order chi connectivity index (χ0) is 32.8. The fraction of sp³-hybridized carbons (Fsp3) is 0.0667. The predicted octanol–water partition coefficient (Wildman–Crippen LogP) is 12.5. The largest absolute Gasteiger partial charge is 0.404 e. The summed E-state index contributed by atoms with van der Waals surface area (Å²) in [6.07, 6.45) is 15.9. The molecule has 1 atom stereocenters. The zero-order valence-corrected chi connectivity index (χ0v) is 28.4. The summed E-state index contributed by atoms with van der Waals surface area (Å²) in [5, 5.41) is 2.07. The fourth-order valence-electron chi connectivity index (χ4n) is 7.71. The first kappa shape index (κ1) is 30.2. The highest BCUT2D eigenvalue weighted by Crippen LogP contribution is 2.66. The highest BCUT2D eigenvalue weighted by Gasteiger charge is 2.53. The molecule has 8 rings (SSSR count). The number of hydrogen-bond acceptors (Lipinski definition) is 2. The molecule has 1 nitrogen and oxygen atoms in total. The SMILES string of the molecule is C/C=C/C=C\C=C/C(=C/N)C(=C/C)/c1ccc(-c2ccc3c(c2)C2(c4ccccc4-3)c3cc(Cl)ccc3-c3c2sc2ccccc32)cc1. The maximum atomic E-state index is 6.80. The van der Waals surface area contributed by atoms with E-state index in [1.165, 1.54) is 65.0 Å². The highest BCUT2D eigenvalue weighted by molar-refractivity contribution is 7.20. The maximum absolute atomic E-state index is 6.80. The summed E-state index contributed by atoms with van der Waals surface area (Å²) in [4.78, 5) is 1.38. The van der Waals surface area contributed by atoms with E-state index in [4.69, 9.17) is 17.3 Å². The van der Waals surface area contributed by atoms with E-state index in [1.807, 2.05) is 54.7 Å². The molecule has 48 heavy (non-hydrogen) atoms. The summed E-state index contributed by atoms with van der Waals surface area (Å²) >= 11 is 8.72. The normalized spacial score (nSPS) is 16.8. The number of halogens is 1. The number of benzene rings is 5. The van der Waals surface area contributed by atoms with Crippen molar-refractivity contribution >= 4 is 38.6 Å². The van der Waals surface area contributed by atoms with Crippen molar-refractivity contribution in [1.82, 2.24) is 0 Å². The van der Waals surface area contributed by atoms with Gasteiger partial charge in [0, 0.05) is 31.7 Å². The minimum Gasteiger partial charge on any atom is -0.404 e. The van der Waals surface area contributed by atoms with Crippen LogP contribution in [-0.2, 0) is 5.41 Å². The van der Waals surface area contributed by atoms with Gasteiger partial charge >= 0.3 is 0 Å². The Morgan fingerprint density at radius 2 is 1.40 bits per heavy atom. The molecule has 1 heterocycles. The summed E-state index contributed by atoms with van der Waals surface area (Å²) in [7, 11) is 0. The Bertz CT molecular complexity index is 2380. The summed E-state index contributed by atoms with van der Waals surface area (Å²) in [5.74, 6) is 0. The predicted molar refractivity (Wildman–Crippen MR) is 208 cm³/mol. The molecule has 3 heteroatoms. The second-order valence-electron chi connectivity index (χ2n) is 12.2. The van der Waals surface area contributed by atoms with Gasteiger partial charge in [-0.05, 0) is 99.3 Å². The van der Waals surface area contributed by atoms with Gasteiger partial charge in [-0.2, -0.15) is 0 Å². The Balaban J connectivity index is 1.27. The van der Waals surface area contributed by atoms with Gasteiger partial charge in [0.1, 0.15) is 0 Å². The van der Waals surface area contributed by atoms with E-state index in [-0.39, 0.29) is 0 Å². The van der Waals surface area contributed by atoms with Crippen LogP contribution < -0.4 is 5.73 Å². The molecular formula is C45H34ClNS. The number of rotatable bonds is 6. The van der Waals surface area contributed by atoms with Gasteiger partial charge in [-0.3, -0.25) is 0 Å². The third-order valence-corrected chi connectivity index (χ3v) is 11.3. The first-order chi connectivity index (χ1) is 23.6. The van der Waals surface area contributed by atoms with Gasteiger partial charge in [0.15, 0.2) is 0 Å². The van der Waals surface area contributed by atoms with E-state index in [9.17, 15) is 0 Å². The van der Waals surface area contributed by atoms with E-state index in [0.29, 0.717) is 0 Å². The minimum atomic E-state index is -0.437. The van der Waals surface area contributed by atoms with Crippen molar-refractivity contribution in [3.05, 3.63) is 196 Å². The van der Waals surface area contributed by atoms with E-state index in [1.54, 1.807) is 6.20 Å². The minimum absolute atomic E-state index is 0.437. The average Bonchev–Trinajstić information content (AvgIpc) is 3.74. The van der Waals surface area contributed by atoms with Crippen LogP contribution in [0, 0.1) is 0 Å². The van der Waals surface area contributed by atoms with Crippen LogP contribution in [0.15, 0.2) is 163 Å². The molecule has 0 bridgehead atoms. The molecule has 0 radical (unpaired) electrons. The van der Waals surface area contributed by atoms with Crippen molar-refractivity contribution in [3.63, 3.8) is 0 Å². The molecule has 1 spiro atoms. The Kier molecular flexibility index (Phi) is 7.64. The van der Waals surface area contributed by atoms with Gasteiger partial charge in [-0.15, -0.1) is 11.3 Å². The van der Waals surface area contributed by atoms with Crippen LogP contribution in [0.25, 0.3) is 49.0 Å². The molecule has 2 N–H and O–H groups in total. The second kappa shape index (κ2) is 12.1.